The summed E-state index contributed by atoms with van der Waals surface area (Å²) in [5, 5.41) is 13.1. The van der Waals surface area contributed by atoms with Gasteiger partial charge in [0.2, 0.25) is 0 Å². The number of carbonyl (C=O) groups is 1. The van der Waals surface area contributed by atoms with E-state index in [4.69, 9.17) is 4.74 Å². The van der Waals surface area contributed by atoms with Crippen LogP contribution in [-0.2, 0) is 19.6 Å². The summed E-state index contributed by atoms with van der Waals surface area (Å²) in [6.45, 7) is 6.28. The van der Waals surface area contributed by atoms with Crippen molar-refractivity contribution in [1.29, 1.82) is 0 Å². The number of carbonyl (C=O) groups excluding carboxylic acids is 1. The van der Waals surface area contributed by atoms with E-state index in [2.05, 4.69) is 32.1 Å². The van der Waals surface area contributed by atoms with Gasteiger partial charge < -0.3 is 29.9 Å². The summed E-state index contributed by atoms with van der Waals surface area (Å²) < 4.78 is 34.4. The molecule has 43 heavy (non-hydrogen) atoms. The molecular weight excluding hydrogens is 554 g/mol. The SMILES string of the molecule is C[C@H]1c2cc(Oc3ccnc4[nH]c(CO)cc34)ccc2CCN1C(=O)Nc1ccc(CN2CCN(C)CC2)c(C(F)F)c1. The number of urea groups is 1. The molecule has 1 atom stereocenters. The lowest BCUT2D eigenvalue weighted by Gasteiger charge is -2.35. The number of nitrogens with zero attached hydrogens (tertiary/aromatic N) is 4. The normalized spacial score (nSPS) is 17.8. The van der Waals surface area contributed by atoms with Gasteiger partial charge in [-0.2, -0.15) is 0 Å². The number of ether oxygens (including phenoxy) is 1. The zero-order valence-corrected chi connectivity index (χ0v) is 24.3. The first-order chi connectivity index (χ1) is 20.8. The fourth-order valence-corrected chi connectivity index (χ4v) is 5.95. The highest BCUT2D eigenvalue weighted by molar-refractivity contribution is 5.90. The number of alkyl halides is 2. The molecule has 6 rings (SSSR count). The minimum absolute atomic E-state index is 0.0469. The Morgan fingerprint density at radius 1 is 1.12 bits per heavy atom. The van der Waals surface area contributed by atoms with Crippen LogP contribution in [0.3, 0.4) is 0 Å². The Morgan fingerprint density at radius 2 is 1.93 bits per heavy atom. The minimum atomic E-state index is -2.64. The Labute approximate surface area is 249 Å². The third-order valence-corrected chi connectivity index (χ3v) is 8.49. The number of aromatic amines is 1. The molecule has 0 radical (unpaired) electrons. The van der Waals surface area contributed by atoms with Crippen LogP contribution in [-0.4, -0.2) is 75.6 Å². The fourth-order valence-electron chi connectivity index (χ4n) is 5.95. The van der Waals surface area contributed by atoms with Crippen LogP contribution in [0.2, 0.25) is 0 Å². The first-order valence-electron chi connectivity index (χ1n) is 14.6. The zero-order valence-electron chi connectivity index (χ0n) is 24.3. The van der Waals surface area contributed by atoms with Crippen molar-refractivity contribution in [3.05, 3.63) is 82.7 Å². The summed E-state index contributed by atoms with van der Waals surface area (Å²) in [7, 11) is 2.06. The van der Waals surface area contributed by atoms with Crippen molar-refractivity contribution in [3.8, 4) is 11.5 Å². The van der Waals surface area contributed by atoms with Gasteiger partial charge in [0.1, 0.15) is 17.1 Å². The largest absolute Gasteiger partial charge is 0.457 e. The zero-order chi connectivity index (χ0) is 30.1. The van der Waals surface area contributed by atoms with Gasteiger partial charge in [0.05, 0.1) is 18.0 Å². The second-order valence-corrected chi connectivity index (χ2v) is 11.3. The molecule has 1 fully saturated rings. The molecule has 3 N–H and O–H groups in total. The Kier molecular flexibility index (Phi) is 8.29. The van der Waals surface area contributed by atoms with Crippen LogP contribution >= 0.6 is 0 Å². The monoisotopic (exact) mass is 590 g/mol. The van der Waals surface area contributed by atoms with Gasteiger partial charge in [-0.3, -0.25) is 4.90 Å². The molecule has 0 unspecified atom stereocenters. The van der Waals surface area contributed by atoms with Gasteiger partial charge >= 0.3 is 6.03 Å². The predicted molar refractivity (Wildman–Crippen MR) is 161 cm³/mol. The maximum absolute atomic E-state index is 14.1. The van der Waals surface area contributed by atoms with E-state index in [1.54, 1.807) is 29.3 Å². The van der Waals surface area contributed by atoms with Crippen molar-refractivity contribution >= 4 is 22.8 Å². The number of pyridine rings is 1. The molecule has 226 valence electrons. The number of anilines is 1. The highest BCUT2D eigenvalue weighted by Gasteiger charge is 2.29. The number of rotatable bonds is 7. The van der Waals surface area contributed by atoms with Crippen molar-refractivity contribution in [2.24, 2.45) is 0 Å². The molecule has 2 aromatic carbocycles. The highest BCUT2D eigenvalue weighted by atomic mass is 19.3. The summed E-state index contributed by atoms with van der Waals surface area (Å²) in [4.78, 5) is 26.9. The molecule has 4 aromatic rings. The maximum atomic E-state index is 14.1. The van der Waals surface area contributed by atoms with Crippen molar-refractivity contribution in [2.75, 3.05) is 45.1 Å². The third kappa shape index (κ3) is 6.20. The number of nitrogens with one attached hydrogen (secondary N) is 2. The van der Waals surface area contributed by atoms with Crippen molar-refractivity contribution < 1.29 is 23.4 Å². The van der Waals surface area contributed by atoms with Crippen molar-refractivity contribution in [1.82, 2.24) is 24.7 Å². The molecule has 11 heteroatoms. The average Bonchev–Trinajstić information content (AvgIpc) is 3.44. The van der Waals surface area contributed by atoms with Gasteiger partial charge in [0.15, 0.2) is 0 Å². The number of fused-ring (bicyclic) bond motifs is 2. The first kappa shape index (κ1) is 29.0. The lowest BCUT2D eigenvalue weighted by Crippen LogP contribution is -2.44. The summed E-state index contributed by atoms with van der Waals surface area (Å²) in [5.41, 5.74) is 4.25. The second-order valence-electron chi connectivity index (χ2n) is 11.3. The van der Waals surface area contributed by atoms with E-state index in [0.29, 0.717) is 53.6 Å². The lowest BCUT2D eigenvalue weighted by molar-refractivity contribution is 0.136. The van der Waals surface area contributed by atoms with E-state index >= 15 is 0 Å². The van der Waals surface area contributed by atoms with Crippen LogP contribution in [0.4, 0.5) is 19.3 Å². The molecule has 0 saturated carbocycles. The Bertz CT molecular complexity index is 1620. The van der Waals surface area contributed by atoms with Crippen molar-refractivity contribution in [2.45, 2.75) is 39.0 Å². The number of benzene rings is 2. The predicted octanol–water partition coefficient (Wildman–Crippen LogP) is 5.68. The lowest BCUT2D eigenvalue weighted by atomic mass is 9.93. The van der Waals surface area contributed by atoms with Crippen LogP contribution in [0.15, 0.2) is 54.7 Å². The van der Waals surface area contributed by atoms with Crippen LogP contribution in [0.1, 0.15) is 47.3 Å². The molecule has 2 amide bonds. The molecule has 2 aromatic heterocycles. The fraction of sp³-hybridized carbons (Fsp3) is 0.375. The molecule has 0 spiro atoms. The molecule has 4 heterocycles. The van der Waals surface area contributed by atoms with Gasteiger partial charge in [0.25, 0.3) is 6.43 Å². The Morgan fingerprint density at radius 3 is 2.70 bits per heavy atom. The quantitative estimate of drug-likeness (QED) is 0.256. The number of amides is 2. The number of aliphatic hydroxyl groups is 1. The number of likely N-dealkylation sites (N-methyl/N-ethyl adjacent to an activating group) is 1. The minimum Gasteiger partial charge on any atom is -0.457 e. The van der Waals surface area contributed by atoms with Crippen LogP contribution in [0.25, 0.3) is 11.0 Å². The van der Waals surface area contributed by atoms with E-state index in [-0.39, 0.29) is 24.2 Å². The van der Waals surface area contributed by atoms with Gasteiger partial charge in [-0.15, -0.1) is 0 Å². The Hall–Kier alpha value is -4.06. The highest BCUT2D eigenvalue weighted by Crippen LogP contribution is 2.36. The van der Waals surface area contributed by atoms with Crippen LogP contribution in [0, 0.1) is 0 Å². The summed E-state index contributed by atoms with van der Waals surface area (Å²) >= 11 is 0. The molecule has 1 saturated heterocycles. The van der Waals surface area contributed by atoms with E-state index in [1.165, 1.54) is 6.07 Å². The van der Waals surface area contributed by atoms with Crippen molar-refractivity contribution in [3.63, 3.8) is 0 Å². The molecule has 0 aliphatic carbocycles. The number of aromatic nitrogens is 2. The maximum Gasteiger partial charge on any atom is 0.322 e. The molecule has 0 bridgehead atoms. The molecule has 2 aliphatic heterocycles. The third-order valence-electron chi connectivity index (χ3n) is 8.49. The van der Waals surface area contributed by atoms with Crippen LogP contribution < -0.4 is 10.1 Å². The van der Waals surface area contributed by atoms with E-state index in [0.717, 1.165) is 42.7 Å². The van der Waals surface area contributed by atoms with Gasteiger partial charge in [-0.1, -0.05) is 12.1 Å². The van der Waals surface area contributed by atoms with Gasteiger partial charge in [-0.05, 0) is 73.5 Å². The van der Waals surface area contributed by atoms with E-state index in [1.807, 2.05) is 31.2 Å². The molecule has 9 nitrogen and oxygen atoms in total. The smallest absolute Gasteiger partial charge is 0.322 e. The number of piperazine rings is 1. The first-order valence-corrected chi connectivity index (χ1v) is 14.6. The van der Waals surface area contributed by atoms with Gasteiger partial charge in [-0.25, -0.2) is 18.6 Å². The topological polar surface area (TPSA) is 97.0 Å². The van der Waals surface area contributed by atoms with Gasteiger partial charge in [0, 0.05) is 62.4 Å². The number of aliphatic hydroxyl groups excluding tert-OH is 1. The molecular formula is C32H36F2N6O3. The summed E-state index contributed by atoms with van der Waals surface area (Å²) in [6, 6.07) is 13.7. The second kappa shape index (κ2) is 12.3. The Balaban J connectivity index is 1.16. The average molecular weight is 591 g/mol. The number of halogens is 2. The standard InChI is InChI=1S/C32H36F2N6O3/c1-20-26-17-25(43-29-7-9-35-31-28(29)16-24(19-41)36-31)6-4-21(26)8-10-40(20)32(42)37-23-5-3-22(27(15-23)30(33)34)18-39-13-11-38(2)12-14-39/h3-7,9,15-17,20,30,41H,8,10-14,18-19H2,1-2H3,(H,35,36)(H,37,42)/t20-/m0/s1. The summed E-state index contributed by atoms with van der Waals surface area (Å²) in [6.07, 6.45) is -0.334. The number of hydrogen-bond acceptors (Lipinski definition) is 6. The summed E-state index contributed by atoms with van der Waals surface area (Å²) in [5.74, 6) is 1.22. The van der Waals surface area contributed by atoms with Crippen LogP contribution in [0.5, 0.6) is 11.5 Å². The van der Waals surface area contributed by atoms with E-state index < -0.39 is 6.43 Å². The number of H-pyrrole nitrogens is 1. The number of hydrogen-bond donors (Lipinski definition) is 3. The molecule has 2 aliphatic rings. The van der Waals surface area contributed by atoms with E-state index in [9.17, 15) is 18.7 Å².